The van der Waals surface area contributed by atoms with E-state index in [0.717, 1.165) is 52.8 Å². The molecule has 2 aromatic heterocycles. The summed E-state index contributed by atoms with van der Waals surface area (Å²) in [6, 6.07) is 19.0. The van der Waals surface area contributed by atoms with E-state index in [-0.39, 0.29) is 0 Å². The predicted octanol–water partition coefficient (Wildman–Crippen LogP) is 6.11. The zero-order valence-corrected chi connectivity index (χ0v) is 18.7. The van der Waals surface area contributed by atoms with Gasteiger partial charge in [-0.3, -0.25) is 0 Å². The lowest BCUT2D eigenvalue weighted by Crippen LogP contribution is -2.20. The largest absolute Gasteiger partial charge is 0.497 e. The van der Waals surface area contributed by atoms with Crippen LogP contribution in [0.2, 0.25) is 0 Å². The van der Waals surface area contributed by atoms with Crippen LogP contribution in [-0.4, -0.2) is 25.2 Å². The third-order valence-corrected chi connectivity index (χ3v) is 6.19. The van der Waals surface area contributed by atoms with Gasteiger partial charge in [0.2, 0.25) is 0 Å². The first-order valence-electron chi connectivity index (χ1n) is 9.68. The molecule has 0 aliphatic heterocycles. The van der Waals surface area contributed by atoms with E-state index in [2.05, 4.69) is 74.5 Å². The molecule has 3 nitrogen and oxygen atoms in total. The van der Waals surface area contributed by atoms with Crippen molar-refractivity contribution in [3.8, 4) is 17.0 Å². The standard InChI is InChI=1S/C24H23BrN2OS/c1-28-22-7-4-18-14-19(24(27-23(18)15-22)20-10-13-29-16-20)9-12-26-11-8-17-2-5-21(25)6-3-17/h2-7,10,13-16,26H,8-9,11-12H2,1H3. The van der Waals surface area contributed by atoms with Crippen LogP contribution in [0.5, 0.6) is 5.75 Å². The molecule has 0 aliphatic carbocycles. The number of hydrogen-bond donors (Lipinski definition) is 1. The summed E-state index contributed by atoms with van der Waals surface area (Å²) in [6.07, 6.45) is 1.97. The number of methoxy groups -OCH3 is 1. The minimum Gasteiger partial charge on any atom is -0.497 e. The molecular formula is C24H23BrN2OS. The fourth-order valence-corrected chi connectivity index (χ4v) is 4.29. The molecule has 2 aromatic carbocycles. The van der Waals surface area contributed by atoms with Gasteiger partial charge in [-0.25, -0.2) is 4.98 Å². The first-order chi connectivity index (χ1) is 14.2. The minimum absolute atomic E-state index is 0.837. The molecule has 0 unspecified atom stereocenters. The first-order valence-corrected chi connectivity index (χ1v) is 11.4. The smallest absolute Gasteiger partial charge is 0.121 e. The molecule has 0 fully saturated rings. The van der Waals surface area contributed by atoms with Crippen LogP contribution >= 0.6 is 27.3 Å². The number of thiophene rings is 1. The highest BCUT2D eigenvalue weighted by Crippen LogP contribution is 2.29. The Morgan fingerprint density at radius 2 is 1.83 bits per heavy atom. The Morgan fingerprint density at radius 3 is 2.59 bits per heavy atom. The number of benzene rings is 2. The van der Waals surface area contributed by atoms with Crippen molar-refractivity contribution in [1.29, 1.82) is 0 Å². The van der Waals surface area contributed by atoms with E-state index >= 15 is 0 Å². The average molecular weight is 467 g/mol. The molecule has 0 radical (unpaired) electrons. The zero-order chi connectivity index (χ0) is 20.1. The maximum absolute atomic E-state index is 5.37. The van der Waals surface area contributed by atoms with Gasteiger partial charge < -0.3 is 10.1 Å². The van der Waals surface area contributed by atoms with E-state index in [1.807, 2.05) is 12.1 Å². The molecular weight excluding hydrogens is 444 g/mol. The lowest BCUT2D eigenvalue weighted by molar-refractivity contribution is 0.415. The van der Waals surface area contributed by atoms with Gasteiger partial charge in [0, 0.05) is 26.9 Å². The number of nitrogens with zero attached hydrogens (tertiary/aromatic N) is 1. The van der Waals surface area contributed by atoms with E-state index in [1.165, 1.54) is 16.7 Å². The van der Waals surface area contributed by atoms with E-state index < -0.39 is 0 Å². The Balaban J connectivity index is 1.46. The summed E-state index contributed by atoms with van der Waals surface area (Å²) in [5.41, 5.74) is 5.85. The van der Waals surface area contributed by atoms with Crippen molar-refractivity contribution in [2.45, 2.75) is 12.8 Å². The quantitative estimate of drug-likeness (QED) is 0.318. The Morgan fingerprint density at radius 1 is 1.00 bits per heavy atom. The molecule has 148 valence electrons. The summed E-state index contributed by atoms with van der Waals surface area (Å²) in [5.74, 6) is 0.837. The minimum atomic E-state index is 0.837. The lowest BCUT2D eigenvalue weighted by Gasteiger charge is -2.12. The van der Waals surface area contributed by atoms with Gasteiger partial charge in [-0.2, -0.15) is 11.3 Å². The number of aromatic nitrogens is 1. The van der Waals surface area contributed by atoms with Gasteiger partial charge in [0.15, 0.2) is 0 Å². The second-order valence-corrected chi connectivity index (χ2v) is 8.64. The van der Waals surface area contributed by atoms with Crippen LogP contribution in [0.15, 0.2) is 69.8 Å². The zero-order valence-electron chi connectivity index (χ0n) is 16.3. The number of halogens is 1. The Kier molecular flexibility index (Phi) is 6.60. The van der Waals surface area contributed by atoms with Gasteiger partial charge in [0.1, 0.15) is 5.75 Å². The van der Waals surface area contributed by atoms with Gasteiger partial charge in [0.25, 0.3) is 0 Å². The number of rotatable bonds is 8. The highest BCUT2D eigenvalue weighted by Gasteiger charge is 2.10. The summed E-state index contributed by atoms with van der Waals surface area (Å²) in [6.45, 7) is 1.89. The summed E-state index contributed by atoms with van der Waals surface area (Å²) in [5, 5.41) is 9.00. The predicted molar refractivity (Wildman–Crippen MR) is 126 cm³/mol. The molecule has 1 N–H and O–H groups in total. The molecule has 0 spiro atoms. The number of hydrogen-bond acceptors (Lipinski definition) is 4. The van der Waals surface area contributed by atoms with Crippen molar-refractivity contribution < 1.29 is 4.74 Å². The van der Waals surface area contributed by atoms with Crippen molar-refractivity contribution in [1.82, 2.24) is 10.3 Å². The highest BCUT2D eigenvalue weighted by atomic mass is 79.9. The lowest BCUT2D eigenvalue weighted by atomic mass is 10.0. The molecule has 4 aromatic rings. The Labute approximate surface area is 183 Å². The van der Waals surface area contributed by atoms with Crippen LogP contribution in [0.25, 0.3) is 22.2 Å². The van der Waals surface area contributed by atoms with E-state index in [0.29, 0.717) is 0 Å². The van der Waals surface area contributed by atoms with Gasteiger partial charge in [0.05, 0.1) is 18.3 Å². The maximum Gasteiger partial charge on any atom is 0.121 e. The normalized spacial score (nSPS) is 11.1. The first kappa shape index (κ1) is 20.1. The van der Waals surface area contributed by atoms with Gasteiger partial charge in [-0.15, -0.1) is 0 Å². The van der Waals surface area contributed by atoms with Crippen LogP contribution in [0.4, 0.5) is 0 Å². The summed E-state index contributed by atoms with van der Waals surface area (Å²) in [4.78, 5) is 4.98. The third-order valence-electron chi connectivity index (χ3n) is 4.97. The third kappa shape index (κ3) is 5.04. The molecule has 29 heavy (non-hydrogen) atoms. The van der Waals surface area contributed by atoms with Crippen LogP contribution in [0.3, 0.4) is 0 Å². The molecule has 0 saturated heterocycles. The molecule has 5 heteroatoms. The number of pyridine rings is 1. The molecule has 0 aliphatic rings. The van der Waals surface area contributed by atoms with Gasteiger partial charge in [-0.1, -0.05) is 28.1 Å². The average Bonchev–Trinajstić information content (AvgIpc) is 3.28. The molecule has 4 rings (SSSR count). The Hall–Kier alpha value is -2.21. The molecule has 0 atom stereocenters. The SMILES string of the molecule is COc1ccc2cc(CCNCCc3ccc(Br)cc3)c(-c3ccsc3)nc2c1. The van der Waals surface area contributed by atoms with Crippen LogP contribution in [0.1, 0.15) is 11.1 Å². The van der Waals surface area contributed by atoms with E-state index in [1.54, 1.807) is 18.4 Å². The maximum atomic E-state index is 5.37. The molecule has 0 saturated carbocycles. The van der Waals surface area contributed by atoms with Gasteiger partial charge >= 0.3 is 0 Å². The molecule has 2 heterocycles. The van der Waals surface area contributed by atoms with Gasteiger partial charge in [-0.05, 0) is 78.8 Å². The summed E-state index contributed by atoms with van der Waals surface area (Å²) < 4.78 is 6.49. The van der Waals surface area contributed by atoms with Crippen LogP contribution in [-0.2, 0) is 12.8 Å². The van der Waals surface area contributed by atoms with Crippen LogP contribution < -0.4 is 10.1 Å². The van der Waals surface area contributed by atoms with Crippen molar-refractivity contribution in [3.63, 3.8) is 0 Å². The van der Waals surface area contributed by atoms with Crippen molar-refractivity contribution in [2.24, 2.45) is 0 Å². The fraction of sp³-hybridized carbons (Fsp3) is 0.208. The topological polar surface area (TPSA) is 34.1 Å². The second-order valence-electron chi connectivity index (χ2n) is 6.94. The number of ether oxygens (including phenoxy) is 1. The molecule has 0 amide bonds. The fourth-order valence-electron chi connectivity index (χ4n) is 3.39. The summed E-state index contributed by atoms with van der Waals surface area (Å²) >= 11 is 5.19. The van der Waals surface area contributed by atoms with E-state index in [9.17, 15) is 0 Å². The highest BCUT2D eigenvalue weighted by molar-refractivity contribution is 9.10. The van der Waals surface area contributed by atoms with E-state index in [4.69, 9.17) is 9.72 Å². The Bertz CT molecular complexity index is 1080. The van der Waals surface area contributed by atoms with Crippen molar-refractivity contribution in [2.75, 3.05) is 20.2 Å². The second kappa shape index (κ2) is 9.53. The summed E-state index contributed by atoms with van der Waals surface area (Å²) in [7, 11) is 1.69. The number of nitrogens with one attached hydrogen (secondary N) is 1. The van der Waals surface area contributed by atoms with Crippen molar-refractivity contribution >= 4 is 38.2 Å². The van der Waals surface area contributed by atoms with Crippen LogP contribution in [0, 0.1) is 0 Å². The molecule has 0 bridgehead atoms. The monoisotopic (exact) mass is 466 g/mol. The van der Waals surface area contributed by atoms with Crippen molar-refractivity contribution in [3.05, 3.63) is 81.0 Å². The number of fused-ring (bicyclic) bond motifs is 1.